The largest absolute Gasteiger partial charge is 0.444 e. The molecule has 29 heavy (non-hydrogen) atoms. The quantitative estimate of drug-likeness (QED) is 0.787. The molecule has 154 valence electrons. The number of carbonyl (C=O) groups is 2. The van der Waals surface area contributed by atoms with E-state index in [-0.39, 0.29) is 12.1 Å². The second-order valence-electron chi connectivity index (χ2n) is 9.27. The van der Waals surface area contributed by atoms with Gasteiger partial charge in [0.05, 0.1) is 11.6 Å². The number of benzene rings is 1. The van der Waals surface area contributed by atoms with Crippen molar-refractivity contribution in [3.8, 4) is 0 Å². The molecule has 1 aliphatic carbocycles. The zero-order chi connectivity index (χ0) is 20.6. The summed E-state index contributed by atoms with van der Waals surface area (Å²) in [5, 5.41) is 4.06. The molecule has 1 amide bonds. The van der Waals surface area contributed by atoms with Crippen molar-refractivity contribution in [2.75, 3.05) is 18.0 Å². The van der Waals surface area contributed by atoms with Crippen LogP contribution in [0.25, 0.3) is 10.9 Å². The highest BCUT2D eigenvalue weighted by Crippen LogP contribution is 2.42. The molecule has 0 spiro atoms. The normalized spacial score (nSPS) is 22.4. The standard InChI is InChI=1S/C23H29N3O3/c1-23(2,3)29-22(28)25-18-11-17(15-6-7-15)12-26(13-18)20-9-8-16(14-27)21-19(20)5-4-10-24-21/h4-5,8-10,14-15,17-18H,6-7,11-13H2,1-3H3,(H,25,28). The predicted octanol–water partition coefficient (Wildman–Crippen LogP) is 4.18. The molecule has 1 saturated heterocycles. The SMILES string of the molecule is CC(C)(C)OC(=O)NC1CC(C2CC2)CN(c2ccc(C=O)c3ncccc23)C1. The summed E-state index contributed by atoms with van der Waals surface area (Å²) in [7, 11) is 0. The van der Waals surface area contributed by atoms with Crippen LogP contribution in [0.4, 0.5) is 10.5 Å². The average Bonchev–Trinajstić information content (AvgIpc) is 3.50. The number of hydrogen-bond acceptors (Lipinski definition) is 5. The number of pyridine rings is 1. The zero-order valence-corrected chi connectivity index (χ0v) is 17.4. The van der Waals surface area contributed by atoms with E-state index in [0.29, 0.717) is 18.0 Å². The van der Waals surface area contributed by atoms with E-state index in [1.165, 1.54) is 12.8 Å². The summed E-state index contributed by atoms with van der Waals surface area (Å²) in [4.78, 5) is 30.6. The molecule has 2 atom stereocenters. The molecule has 1 aromatic heterocycles. The van der Waals surface area contributed by atoms with Gasteiger partial charge in [0.15, 0.2) is 6.29 Å². The molecule has 0 bridgehead atoms. The van der Waals surface area contributed by atoms with Crippen LogP contribution in [-0.4, -0.2) is 42.1 Å². The zero-order valence-electron chi connectivity index (χ0n) is 17.4. The van der Waals surface area contributed by atoms with Crippen LogP contribution < -0.4 is 10.2 Å². The first-order valence-electron chi connectivity index (χ1n) is 10.4. The molecule has 2 heterocycles. The first kappa shape index (κ1) is 19.7. The van der Waals surface area contributed by atoms with Crippen molar-refractivity contribution in [3.63, 3.8) is 0 Å². The Morgan fingerprint density at radius 2 is 2.00 bits per heavy atom. The van der Waals surface area contributed by atoms with Gasteiger partial charge in [0.25, 0.3) is 0 Å². The fraction of sp³-hybridized carbons (Fsp3) is 0.522. The fourth-order valence-corrected chi connectivity index (χ4v) is 4.37. The maximum Gasteiger partial charge on any atom is 0.407 e. The van der Waals surface area contributed by atoms with Gasteiger partial charge in [0.2, 0.25) is 0 Å². The van der Waals surface area contributed by atoms with E-state index in [1.807, 2.05) is 45.0 Å². The van der Waals surface area contributed by atoms with Gasteiger partial charge in [-0.05, 0) is 76.1 Å². The van der Waals surface area contributed by atoms with E-state index < -0.39 is 5.60 Å². The molecular formula is C23H29N3O3. The number of fused-ring (bicyclic) bond motifs is 1. The van der Waals surface area contributed by atoms with E-state index in [4.69, 9.17) is 4.74 Å². The van der Waals surface area contributed by atoms with E-state index in [1.54, 1.807) is 6.20 Å². The Labute approximate surface area is 171 Å². The van der Waals surface area contributed by atoms with Gasteiger partial charge in [-0.2, -0.15) is 0 Å². The number of hydrogen-bond donors (Lipinski definition) is 1. The maximum absolute atomic E-state index is 12.4. The van der Waals surface area contributed by atoms with E-state index in [2.05, 4.69) is 15.2 Å². The molecule has 6 nitrogen and oxygen atoms in total. The number of ether oxygens (including phenoxy) is 1. The number of amides is 1. The highest BCUT2D eigenvalue weighted by molar-refractivity contribution is 6.01. The van der Waals surface area contributed by atoms with Gasteiger partial charge in [-0.3, -0.25) is 9.78 Å². The molecule has 2 unspecified atom stereocenters. The van der Waals surface area contributed by atoms with Crippen molar-refractivity contribution >= 4 is 29.0 Å². The van der Waals surface area contributed by atoms with Crippen LogP contribution >= 0.6 is 0 Å². The van der Waals surface area contributed by atoms with Crippen LogP contribution in [0.5, 0.6) is 0 Å². The highest BCUT2D eigenvalue weighted by atomic mass is 16.6. The third kappa shape index (κ3) is 4.52. The second kappa shape index (κ2) is 7.65. The number of nitrogens with one attached hydrogen (secondary N) is 1. The summed E-state index contributed by atoms with van der Waals surface area (Å²) in [5.74, 6) is 1.28. The van der Waals surface area contributed by atoms with Crippen molar-refractivity contribution in [3.05, 3.63) is 36.0 Å². The van der Waals surface area contributed by atoms with Crippen LogP contribution in [0.15, 0.2) is 30.5 Å². The van der Waals surface area contributed by atoms with Crippen molar-refractivity contribution < 1.29 is 14.3 Å². The topological polar surface area (TPSA) is 71.5 Å². The minimum Gasteiger partial charge on any atom is -0.444 e. The number of anilines is 1. The third-order valence-electron chi connectivity index (χ3n) is 5.74. The average molecular weight is 396 g/mol. The third-order valence-corrected chi connectivity index (χ3v) is 5.74. The monoisotopic (exact) mass is 395 g/mol. The van der Waals surface area contributed by atoms with Crippen molar-refractivity contribution in [2.24, 2.45) is 11.8 Å². The smallest absolute Gasteiger partial charge is 0.407 e. The lowest BCUT2D eigenvalue weighted by Crippen LogP contribution is -2.52. The van der Waals surface area contributed by atoms with Crippen LogP contribution in [0, 0.1) is 11.8 Å². The van der Waals surface area contributed by atoms with Gasteiger partial charge in [-0.25, -0.2) is 4.79 Å². The number of aromatic nitrogens is 1. The van der Waals surface area contributed by atoms with Gasteiger partial charge in [-0.1, -0.05) is 0 Å². The summed E-state index contributed by atoms with van der Waals surface area (Å²) in [5.41, 5.74) is 1.88. The Bertz CT molecular complexity index is 917. The molecule has 0 radical (unpaired) electrons. The minimum atomic E-state index is -0.513. The van der Waals surface area contributed by atoms with Crippen molar-refractivity contribution in [1.82, 2.24) is 10.3 Å². The minimum absolute atomic E-state index is 0.0293. The maximum atomic E-state index is 12.4. The number of carbonyl (C=O) groups excluding carboxylic acids is 2. The molecule has 2 aromatic rings. The lowest BCUT2D eigenvalue weighted by molar-refractivity contribution is 0.0492. The summed E-state index contributed by atoms with van der Waals surface area (Å²) in [6.45, 7) is 7.30. The predicted molar refractivity (Wildman–Crippen MR) is 113 cm³/mol. The van der Waals surface area contributed by atoms with Crippen LogP contribution in [0.3, 0.4) is 0 Å². The van der Waals surface area contributed by atoms with Gasteiger partial charge >= 0.3 is 6.09 Å². The van der Waals surface area contributed by atoms with Crippen LogP contribution in [0.2, 0.25) is 0 Å². The second-order valence-corrected chi connectivity index (χ2v) is 9.27. The number of alkyl carbamates (subject to hydrolysis) is 1. The Balaban J connectivity index is 1.60. The van der Waals surface area contributed by atoms with E-state index in [9.17, 15) is 9.59 Å². The number of nitrogens with zero attached hydrogens (tertiary/aromatic N) is 2. The Kier molecular flexibility index (Phi) is 5.19. The molecule has 4 rings (SSSR count). The van der Waals surface area contributed by atoms with Gasteiger partial charge in [0.1, 0.15) is 5.60 Å². The first-order valence-corrected chi connectivity index (χ1v) is 10.4. The lowest BCUT2D eigenvalue weighted by atomic mass is 9.89. The highest BCUT2D eigenvalue weighted by Gasteiger charge is 2.38. The summed E-state index contributed by atoms with van der Waals surface area (Å²) in [6, 6.07) is 7.80. The van der Waals surface area contributed by atoms with E-state index in [0.717, 1.165) is 41.8 Å². The summed E-state index contributed by atoms with van der Waals surface area (Å²) < 4.78 is 5.48. The number of aldehydes is 1. The lowest BCUT2D eigenvalue weighted by Gasteiger charge is -2.40. The molecule has 1 N–H and O–H groups in total. The Morgan fingerprint density at radius 1 is 1.21 bits per heavy atom. The molecule has 2 fully saturated rings. The molecule has 2 aliphatic rings. The van der Waals surface area contributed by atoms with Crippen molar-refractivity contribution in [1.29, 1.82) is 0 Å². The van der Waals surface area contributed by atoms with Crippen LogP contribution in [-0.2, 0) is 4.74 Å². The van der Waals surface area contributed by atoms with Crippen LogP contribution in [0.1, 0.15) is 50.4 Å². The van der Waals surface area contributed by atoms with Crippen molar-refractivity contribution in [2.45, 2.75) is 51.7 Å². The fourth-order valence-electron chi connectivity index (χ4n) is 4.37. The molecule has 6 heteroatoms. The molecule has 1 aliphatic heterocycles. The Morgan fingerprint density at radius 3 is 2.69 bits per heavy atom. The molecule has 1 saturated carbocycles. The van der Waals surface area contributed by atoms with Gasteiger partial charge in [0, 0.05) is 35.9 Å². The first-order chi connectivity index (χ1) is 13.8. The number of rotatable bonds is 4. The Hall–Kier alpha value is -2.63. The summed E-state index contributed by atoms with van der Waals surface area (Å²) in [6.07, 6.45) is 5.73. The van der Waals surface area contributed by atoms with Gasteiger partial charge < -0.3 is 15.0 Å². The number of piperidine rings is 1. The summed E-state index contributed by atoms with van der Waals surface area (Å²) >= 11 is 0. The van der Waals surface area contributed by atoms with E-state index >= 15 is 0 Å². The van der Waals surface area contributed by atoms with Gasteiger partial charge in [-0.15, -0.1) is 0 Å². The molecule has 1 aromatic carbocycles. The molecular weight excluding hydrogens is 366 g/mol.